The van der Waals surface area contributed by atoms with Gasteiger partial charge in [0.15, 0.2) is 12.2 Å². The van der Waals surface area contributed by atoms with Crippen LogP contribution in [0, 0.1) is 5.92 Å². The number of hydrogen-bond acceptors (Lipinski definition) is 15. The first-order valence-corrected chi connectivity index (χ1v) is 41.2. The van der Waals surface area contributed by atoms with Crippen LogP contribution in [0.2, 0.25) is 0 Å². The fourth-order valence-electron chi connectivity index (χ4n) is 11.1. The number of ether oxygens (including phenoxy) is 4. The Bertz CT molecular complexity index is 1770. The van der Waals surface area contributed by atoms with Crippen molar-refractivity contribution in [2.45, 2.75) is 400 Å². The zero-order valence-corrected chi connectivity index (χ0v) is 61.5. The van der Waals surface area contributed by atoms with Gasteiger partial charge in [-0.25, -0.2) is 9.13 Å². The Labute approximate surface area is 562 Å². The van der Waals surface area contributed by atoms with Gasteiger partial charge in [0.05, 0.1) is 26.4 Å². The smallest absolute Gasteiger partial charge is 0.462 e. The van der Waals surface area contributed by atoms with Crippen molar-refractivity contribution < 1.29 is 80.2 Å². The molecule has 0 aliphatic carbocycles. The van der Waals surface area contributed by atoms with E-state index in [1.54, 1.807) is 0 Å². The first kappa shape index (κ1) is 90.1. The lowest BCUT2D eigenvalue weighted by molar-refractivity contribution is -0.161. The molecule has 0 amide bonds. The Balaban J connectivity index is 5.25. The van der Waals surface area contributed by atoms with Gasteiger partial charge in [-0.1, -0.05) is 330 Å². The molecule has 0 saturated carbocycles. The molecule has 0 rings (SSSR count). The number of carbonyl (C=O) groups is 4. The standard InChI is InChI=1S/C73H142O17P2/c1-6-10-13-16-19-22-25-27-29-31-37-42-47-52-57-71(76)84-63-69(90-73(78)59-54-49-44-39-34-33-35-40-45-50-55-66(5)9-4)65-88-92(81,82)86-61-67(74)60-85-91(79,80)87-64-68(62-83-70(75)56-51-46-41-36-24-21-18-15-12-8-3)89-72(77)58-53-48-43-38-32-30-28-26-23-20-17-14-11-7-2/h66-69,74H,6-65H2,1-5H3,(H,79,80)(H,81,82)/t66?,67-,68+,69+/m0/s1. The highest BCUT2D eigenvalue weighted by Gasteiger charge is 2.30. The molecule has 17 nitrogen and oxygen atoms in total. The van der Waals surface area contributed by atoms with Gasteiger partial charge in [-0.05, 0) is 31.6 Å². The first-order chi connectivity index (χ1) is 44.6. The van der Waals surface area contributed by atoms with Crippen molar-refractivity contribution in [1.29, 1.82) is 0 Å². The van der Waals surface area contributed by atoms with Crippen LogP contribution in [0.25, 0.3) is 0 Å². The van der Waals surface area contributed by atoms with Crippen LogP contribution in [0.3, 0.4) is 0 Å². The van der Waals surface area contributed by atoms with E-state index in [-0.39, 0.29) is 25.7 Å². The van der Waals surface area contributed by atoms with Crippen molar-refractivity contribution in [2.24, 2.45) is 5.92 Å². The summed E-state index contributed by atoms with van der Waals surface area (Å²) in [5.74, 6) is -1.31. The van der Waals surface area contributed by atoms with Crippen molar-refractivity contribution >= 4 is 39.5 Å². The summed E-state index contributed by atoms with van der Waals surface area (Å²) >= 11 is 0. The molecule has 3 unspecified atom stereocenters. The van der Waals surface area contributed by atoms with Gasteiger partial charge in [-0.15, -0.1) is 0 Å². The van der Waals surface area contributed by atoms with Gasteiger partial charge in [0, 0.05) is 25.7 Å². The second-order valence-corrected chi connectivity index (χ2v) is 29.5. The Kier molecular flexibility index (Phi) is 64.9. The monoisotopic (exact) mass is 1350 g/mol. The van der Waals surface area contributed by atoms with Gasteiger partial charge in [-0.2, -0.15) is 0 Å². The second kappa shape index (κ2) is 66.3. The fourth-order valence-corrected chi connectivity index (χ4v) is 12.7. The van der Waals surface area contributed by atoms with E-state index in [2.05, 4.69) is 34.6 Å². The third-order valence-corrected chi connectivity index (χ3v) is 19.3. The predicted molar refractivity (Wildman–Crippen MR) is 372 cm³/mol. The maximum atomic E-state index is 13.1. The summed E-state index contributed by atoms with van der Waals surface area (Å²) in [6.07, 6.45) is 53.8. The Morgan fingerprint density at radius 1 is 0.304 bits per heavy atom. The van der Waals surface area contributed by atoms with Crippen molar-refractivity contribution in [3.63, 3.8) is 0 Å². The highest BCUT2D eigenvalue weighted by molar-refractivity contribution is 7.47. The average molecular weight is 1350 g/mol. The molecular formula is C73H142O17P2. The number of unbranched alkanes of at least 4 members (excludes halogenated alkanes) is 44. The summed E-state index contributed by atoms with van der Waals surface area (Å²) in [5, 5.41) is 10.6. The molecule has 0 spiro atoms. The molecule has 0 saturated heterocycles. The number of esters is 4. The van der Waals surface area contributed by atoms with Crippen molar-refractivity contribution in [1.82, 2.24) is 0 Å². The fraction of sp³-hybridized carbons (Fsp3) is 0.945. The zero-order chi connectivity index (χ0) is 67.7. The predicted octanol–water partition coefficient (Wildman–Crippen LogP) is 21.3. The van der Waals surface area contributed by atoms with Crippen LogP contribution in [-0.2, 0) is 65.4 Å². The third kappa shape index (κ3) is 65.4. The van der Waals surface area contributed by atoms with E-state index in [0.29, 0.717) is 25.7 Å². The molecule has 6 atom stereocenters. The van der Waals surface area contributed by atoms with Gasteiger partial charge in [-0.3, -0.25) is 37.3 Å². The SMILES string of the molecule is CCCCCCCCCCCCCCCCC(=O)OC[C@H](COP(=O)(O)OC[C@@H](O)COP(=O)(O)OC[C@@H](COC(=O)CCCCCCCCCCCC)OC(=O)CCCCCCCCCCCCCCCC)OC(=O)CCCCCCCCCCCCC(C)CC. The summed E-state index contributed by atoms with van der Waals surface area (Å²) in [4.78, 5) is 72.7. The highest BCUT2D eigenvalue weighted by atomic mass is 31.2. The lowest BCUT2D eigenvalue weighted by Gasteiger charge is -2.21. The molecule has 0 aromatic rings. The minimum atomic E-state index is -4.95. The molecule has 3 N–H and O–H groups in total. The normalized spacial score (nSPS) is 14.3. The number of aliphatic hydroxyl groups is 1. The molecule has 0 fully saturated rings. The van der Waals surface area contributed by atoms with Crippen LogP contribution in [0.5, 0.6) is 0 Å². The molecule has 92 heavy (non-hydrogen) atoms. The van der Waals surface area contributed by atoms with E-state index in [0.717, 1.165) is 95.8 Å². The molecule has 0 aromatic heterocycles. The number of aliphatic hydroxyl groups excluding tert-OH is 1. The maximum absolute atomic E-state index is 13.1. The summed E-state index contributed by atoms with van der Waals surface area (Å²) < 4.78 is 68.4. The highest BCUT2D eigenvalue weighted by Crippen LogP contribution is 2.45. The molecule has 0 radical (unpaired) electrons. The van der Waals surface area contributed by atoms with E-state index >= 15 is 0 Å². The molecule has 546 valence electrons. The number of hydrogen-bond donors (Lipinski definition) is 3. The molecule has 0 aliphatic heterocycles. The van der Waals surface area contributed by atoms with Crippen LogP contribution >= 0.6 is 15.6 Å². The third-order valence-electron chi connectivity index (χ3n) is 17.4. The lowest BCUT2D eigenvalue weighted by Crippen LogP contribution is -2.30. The molecule has 0 aromatic carbocycles. The lowest BCUT2D eigenvalue weighted by atomic mass is 9.99. The average Bonchev–Trinajstić information content (AvgIpc) is 3.73. The van der Waals surface area contributed by atoms with Crippen LogP contribution in [0.1, 0.15) is 381 Å². The number of phosphoric acid groups is 2. The van der Waals surface area contributed by atoms with E-state index < -0.39 is 97.5 Å². The number of rotatable bonds is 73. The van der Waals surface area contributed by atoms with E-state index in [9.17, 15) is 43.2 Å². The van der Waals surface area contributed by atoms with E-state index in [1.807, 2.05) is 0 Å². The molecular weight excluding hydrogens is 1210 g/mol. The molecule has 0 heterocycles. The van der Waals surface area contributed by atoms with Gasteiger partial charge in [0.25, 0.3) is 0 Å². The van der Waals surface area contributed by atoms with Crippen molar-refractivity contribution in [2.75, 3.05) is 39.6 Å². The second-order valence-electron chi connectivity index (χ2n) is 26.6. The van der Waals surface area contributed by atoms with Crippen LogP contribution in [-0.4, -0.2) is 96.7 Å². The topological polar surface area (TPSA) is 237 Å². The Hall–Kier alpha value is -1.94. The largest absolute Gasteiger partial charge is 0.472 e. The zero-order valence-electron chi connectivity index (χ0n) is 59.7. The van der Waals surface area contributed by atoms with Crippen LogP contribution in [0.15, 0.2) is 0 Å². The maximum Gasteiger partial charge on any atom is 0.472 e. The molecule has 0 aliphatic rings. The first-order valence-electron chi connectivity index (χ1n) is 38.2. The number of carbonyl (C=O) groups excluding carboxylic acids is 4. The summed E-state index contributed by atoms with van der Waals surface area (Å²) in [6, 6.07) is 0. The van der Waals surface area contributed by atoms with Crippen LogP contribution in [0.4, 0.5) is 0 Å². The van der Waals surface area contributed by atoms with Crippen molar-refractivity contribution in [3.05, 3.63) is 0 Å². The van der Waals surface area contributed by atoms with Gasteiger partial charge in [0.2, 0.25) is 0 Å². The van der Waals surface area contributed by atoms with E-state index in [4.69, 9.17) is 37.0 Å². The molecule has 0 bridgehead atoms. The Morgan fingerprint density at radius 3 is 0.772 bits per heavy atom. The Morgan fingerprint density at radius 2 is 0.522 bits per heavy atom. The van der Waals surface area contributed by atoms with Crippen molar-refractivity contribution in [3.8, 4) is 0 Å². The summed E-state index contributed by atoms with van der Waals surface area (Å²) in [5.41, 5.74) is 0. The summed E-state index contributed by atoms with van der Waals surface area (Å²) in [6.45, 7) is 7.30. The number of phosphoric ester groups is 2. The van der Waals surface area contributed by atoms with Gasteiger partial charge in [0.1, 0.15) is 19.3 Å². The minimum Gasteiger partial charge on any atom is -0.462 e. The molecule has 19 heteroatoms. The summed E-state index contributed by atoms with van der Waals surface area (Å²) in [7, 11) is -9.90. The van der Waals surface area contributed by atoms with Gasteiger partial charge >= 0.3 is 39.5 Å². The minimum absolute atomic E-state index is 0.107. The van der Waals surface area contributed by atoms with E-state index in [1.165, 1.54) is 205 Å². The quantitative estimate of drug-likeness (QED) is 0.0222. The van der Waals surface area contributed by atoms with Crippen LogP contribution < -0.4 is 0 Å². The van der Waals surface area contributed by atoms with Gasteiger partial charge < -0.3 is 33.8 Å².